The first kappa shape index (κ1) is 20.9. The molecule has 0 rings (SSSR count). The van der Waals surface area contributed by atoms with Gasteiger partial charge in [0.15, 0.2) is 0 Å². The molecule has 0 heterocycles. The molecule has 0 aliphatic heterocycles. The molecular weight excluding hydrogens is 278 g/mol. The second-order valence-electron chi connectivity index (χ2n) is 6.15. The Morgan fingerprint density at radius 3 is 1.68 bits per heavy atom. The molecule has 0 aliphatic rings. The molecule has 0 saturated heterocycles. The number of rotatable bonds is 15. The second kappa shape index (κ2) is 14.9. The van der Waals surface area contributed by atoms with E-state index in [0.717, 1.165) is 12.8 Å². The largest absolute Gasteiger partial charge is 0.480 e. The molecule has 0 aromatic carbocycles. The van der Waals surface area contributed by atoms with Crippen LogP contribution in [0.1, 0.15) is 97.3 Å². The van der Waals surface area contributed by atoms with E-state index >= 15 is 0 Å². The molecule has 1 amide bonds. The van der Waals surface area contributed by atoms with Crippen LogP contribution in [0, 0.1) is 0 Å². The van der Waals surface area contributed by atoms with Crippen molar-refractivity contribution in [3.8, 4) is 0 Å². The molecule has 0 spiro atoms. The molecule has 130 valence electrons. The van der Waals surface area contributed by atoms with E-state index in [9.17, 15) is 9.59 Å². The van der Waals surface area contributed by atoms with E-state index in [0.29, 0.717) is 12.8 Å². The van der Waals surface area contributed by atoms with Gasteiger partial charge in [0.25, 0.3) is 0 Å². The number of aliphatic carboxylic acids is 1. The van der Waals surface area contributed by atoms with Gasteiger partial charge in [0.05, 0.1) is 0 Å². The lowest BCUT2D eigenvalue weighted by Crippen LogP contribution is -2.40. The van der Waals surface area contributed by atoms with Gasteiger partial charge in [0.1, 0.15) is 6.04 Å². The highest BCUT2D eigenvalue weighted by molar-refractivity contribution is 5.83. The summed E-state index contributed by atoms with van der Waals surface area (Å²) in [5.74, 6) is -1.08. The monoisotopic (exact) mass is 313 g/mol. The van der Waals surface area contributed by atoms with Crippen molar-refractivity contribution in [2.45, 2.75) is 103 Å². The molecule has 4 heteroatoms. The first-order valence-corrected chi connectivity index (χ1v) is 9.14. The van der Waals surface area contributed by atoms with Crippen LogP contribution in [0.3, 0.4) is 0 Å². The van der Waals surface area contributed by atoms with E-state index in [1.165, 1.54) is 57.8 Å². The predicted molar refractivity (Wildman–Crippen MR) is 90.9 cm³/mol. The highest BCUT2D eigenvalue weighted by Gasteiger charge is 2.16. The van der Waals surface area contributed by atoms with Crippen LogP contribution in [0.15, 0.2) is 0 Å². The molecule has 0 aromatic heterocycles. The molecule has 1 unspecified atom stereocenters. The summed E-state index contributed by atoms with van der Waals surface area (Å²) < 4.78 is 0. The summed E-state index contributed by atoms with van der Waals surface area (Å²) in [4.78, 5) is 22.4. The minimum Gasteiger partial charge on any atom is -0.480 e. The number of carbonyl (C=O) groups excluding carboxylic acids is 1. The molecular formula is C18H35NO3. The fourth-order valence-corrected chi connectivity index (χ4v) is 2.55. The summed E-state index contributed by atoms with van der Waals surface area (Å²) in [5.41, 5.74) is 0. The summed E-state index contributed by atoms with van der Waals surface area (Å²) >= 11 is 0. The van der Waals surface area contributed by atoms with Gasteiger partial charge in [-0.3, -0.25) is 4.79 Å². The van der Waals surface area contributed by atoms with E-state index in [2.05, 4.69) is 12.2 Å². The number of carboxylic acids is 1. The number of hydrogen-bond donors (Lipinski definition) is 2. The molecule has 0 bridgehead atoms. The Morgan fingerprint density at radius 2 is 1.27 bits per heavy atom. The van der Waals surface area contributed by atoms with Gasteiger partial charge in [0, 0.05) is 6.42 Å². The van der Waals surface area contributed by atoms with Crippen molar-refractivity contribution in [1.82, 2.24) is 5.32 Å². The second-order valence-corrected chi connectivity index (χ2v) is 6.15. The topological polar surface area (TPSA) is 66.4 Å². The molecule has 0 saturated carbocycles. The fourth-order valence-electron chi connectivity index (χ4n) is 2.55. The van der Waals surface area contributed by atoms with Gasteiger partial charge in [-0.2, -0.15) is 0 Å². The number of unbranched alkanes of at least 4 members (excludes halogenated alkanes) is 10. The Kier molecular flexibility index (Phi) is 14.1. The third kappa shape index (κ3) is 12.7. The van der Waals surface area contributed by atoms with Crippen LogP contribution in [0.2, 0.25) is 0 Å². The normalized spacial score (nSPS) is 12.1. The van der Waals surface area contributed by atoms with Gasteiger partial charge in [-0.1, -0.05) is 78.1 Å². The molecule has 2 N–H and O–H groups in total. The van der Waals surface area contributed by atoms with Crippen molar-refractivity contribution >= 4 is 11.9 Å². The highest BCUT2D eigenvalue weighted by Crippen LogP contribution is 2.11. The molecule has 0 fully saturated rings. The third-order valence-corrected chi connectivity index (χ3v) is 4.05. The van der Waals surface area contributed by atoms with Crippen LogP contribution >= 0.6 is 0 Å². The van der Waals surface area contributed by atoms with Gasteiger partial charge < -0.3 is 10.4 Å². The van der Waals surface area contributed by atoms with Crippen LogP contribution in [0.4, 0.5) is 0 Å². The zero-order chi connectivity index (χ0) is 16.6. The molecule has 4 nitrogen and oxygen atoms in total. The van der Waals surface area contributed by atoms with Crippen LogP contribution in [-0.4, -0.2) is 23.0 Å². The maximum absolute atomic E-state index is 11.6. The maximum Gasteiger partial charge on any atom is 0.326 e. The van der Waals surface area contributed by atoms with Gasteiger partial charge in [0.2, 0.25) is 5.91 Å². The summed E-state index contributed by atoms with van der Waals surface area (Å²) in [6.07, 6.45) is 14.6. The minimum absolute atomic E-state index is 0.134. The first-order valence-electron chi connectivity index (χ1n) is 9.14. The lowest BCUT2D eigenvalue weighted by Gasteiger charge is -2.11. The first-order chi connectivity index (χ1) is 10.6. The van der Waals surface area contributed by atoms with Crippen molar-refractivity contribution in [1.29, 1.82) is 0 Å². The molecule has 0 radical (unpaired) electrons. The quantitative estimate of drug-likeness (QED) is 0.432. The minimum atomic E-state index is -0.949. The van der Waals surface area contributed by atoms with Gasteiger partial charge >= 0.3 is 5.97 Å². The number of carbonyl (C=O) groups is 2. The van der Waals surface area contributed by atoms with E-state index in [-0.39, 0.29) is 5.91 Å². The standard InChI is InChI=1S/C18H35NO3/c1-3-5-6-7-8-9-10-11-12-13-14-15-17(20)19-16(4-2)18(21)22/h16H,3-15H2,1-2H3,(H,19,20)(H,21,22). The van der Waals surface area contributed by atoms with Crippen LogP contribution in [0.25, 0.3) is 0 Å². The van der Waals surface area contributed by atoms with E-state index in [1.54, 1.807) is 6.92 Å². The third-order valence-electron chi connectivity index (χ3n) is 4.05. The van der Waals surface area contributed by atoms with Crippen molar-refractivity contribution in [2.75, 3.05) is 0 Å². The molecule has 1 atom stereocenters. The molecule has 22 heavy (non-hydrogen) atoms. The van der Waals surface area contributed by atoms with E-state index in [1.807, 2.05) is 0 Å². The van der Waals surface area contributed by atoms with Crippen molar-refractivity contribution in [3.63, 3.8) is 0 Å². The van der Waals surface area contributed by atoms with Crippen molar-refractivity contribution < 1.29 is 14.7 Å². The zero-order valence-corrected chi connectivity index (χ0v) is 14.5. The van der Waals surface area contributed by atoms with Crippen LogP contribution < -0.4 is 5.32 Å². The predicted octanol–water partition coefficient (Wildman–Crippen LogP) is 4.67. The Labute approximate surface area is 136 Å². The Balaban J connectivity index is 3.35. The van der Waals surface area contributed by atoms with Crippen molar-refractivity contribution in [3.05, 3.63) is 0 Å². The Hall–Kier alpha value is -1.06. The highest BCUT2D eigenvalue weighted by atomic mass is 16.4. The summed E-state index contributed by atoms with van der Waals surface area (Å²) in [7, 11) is 0. The van der Waals surface area contributed by atoms with E-state index < -0.39 is 12.0 Å². The number of amides is 1. The lowest BCUT2D eigenvalue weighted by molar-refractivity contribution is -0.141. The zero-order valence-electron chi connectivity index (χ0n) is 14.5. The smallest absolute Gasteiger partial charge is 0.326 e. The van der Waals surface area contributed by atoms with Crippen LogP contribution in [0.5, 0.6) is 0 Å². The van der Waals surface area contributed by atoms with Gasteiger partial charge in [-0.15, -0.1) is 0 Å². The number of hydrogen-bond acceptors (Lipinski definition) is 2. The SMILES string of the molecule is CCCCCCCCCCCCCC(=O)NC(CC)C(=O)O. The van der Waals surface area contributed by atoms with Gasteiger partial charge in [-0.05, 0) is 12.8 Å². The summed E-state index contributed by atoms with van der Waals surface area (Å²) in [6, 6.07) is -0.736. The molecule has 0 aliphatic carbocycles. The average Bonchev–Trinajstić information content (AvgIpc) is 2.50. The van der Waals surface area contributed by atoms with Gasteiger partial charge in [-0.25, -0.2) is 4.79 Å². The molecule has 0 aromatic rings. The fraction of sp³-hybridized carbons (Fsp3) is 0.889. The summed E-state index contributed by atoms with van der Waals surface area (Å²) in [6.45, 7) is 4.01. The average molecular weight is 313 g/mol. The summed E-state index contributed by atoms with van der Waals surface area (Å²) in [5, 5.41) is 11.4. The van der Waals surface area contributed by atoms with E-state index in [4.69, 9.17) is 5.11 Å². The Bertz CT molecular complexity index is 292. The van der Waals surface area contributed by atoms with Crippen molar-refractivity contribution in [2.24, 2.45) is 0 Å². The van der Waals surface area contributed by atoms with Crippen LogP contribution in [-0.2, 0) is 9.59 Å². The maximum atomic E-state index is 11.6. The lowest BCUT2D eigenvalue weighted by atomic mass is 10.1. The number of nitrogens with one attached hydrogen (secondary N) is 1. The number of carboxylic acid groups (broad SMARTS) is 1. The Morgan fingerprint density at radius 1 is 0.818 bits per heavy atom.